The molecule has 3 aromatic rings. The molecule has 3 rings (SSSR count). The fourth-order valence-corrected chi connectivity index (χ4v) is 2.86. The number of fused-ring (bicyclic) bond motifs is 1. The second kappa shape index (κ2) is 9.19. The number of aromatic nitrogens is 1. The summed E-state index contributed by atoms with van der Waals surface area (Å²) in [5, 5.41) is 16.2. The number of oxazole rings is 1. The van der Waals surface area contributed by atoms with Crippen LogP contribution in [0, 0.1) is 0 Å². The molecule has 0 aliphatic rings. The van der Waals surface area contributed by atoms with Crippen LogP contribution in [0.1, 0.15) is 44.4 Å². The summed E-state index contributed by atoms with van der Waals surface area (Å²) < 4.78 is 10.9. The first-order valence-corrected chi connectivity index (χ1v) is 9.79. The van der Waals surface area contributed by atoms with Gasteiger partial charge in [0.2, 0.25) is 13.9 Å². The molecule has 2 aromatic carbocycles. The number of nitrogens with two attached hydrogens (primary N) is 1. The molecule has 1 heterocycles. The molecule has 10 heteroatoms. The Balaban J connectivity index is 1.71. The Bertz CT molecular complexity index is 1060. The van der Waals surface area contributed by atoms with Gasteiger partial charge in [0.15, 0.2) is 11.5 Å². The number of alkyl carbamates (subject to hydrolysis) is 1. The topological polar surface area (TPSA) is 135 Å². The lowest BCUT2D eigenvalue weighted by Crippen LogP contribution is -2.39. The van der Waals surface area contributed by atoms with Crippen molar-refractivity contribution in [3.05, 3.63) is 60.0 Å². The Hall–Kier alpha value is -3.37. The number of hydrogen-bond acceptors (Lipinski definition) is 7. The second-order valence-corrected chi connectivity index (χ2v) is 7.94. The minimum atomic E-state index is -1.14. The zero-order chi connectivity index (χ0) is 22.6. The Kier molecular flexibility index (Phi) is 6.62. The number of carbonyl (C=O) groups excluding carboxylic acids is 1. The number of amides is 1. The smallest absolute Gasteiger partial charge is 0.414 e. The number of anilines is 1. The molecule has 5 N–H and O–H groups in total. The third-order valence-electron chi connectivity index (χ3n) is 4.28. The third-order valence-corrected chi connectivity index (χ3v) is 4.28. The van der Waals surface area contributed by atoms with E-state index in [4.69, 9.17) is 14.9 Å². The summed E-state index contributed by atoms with van der Waals surface area (Å²) in [5.41, 5.74) is 8.14. The minimum Gasteiger partial charge on any atom is -0.444 e. The number of nitrogens with one attached hydrogen (secondary N) is 2. The van der Waals surface area contributed by atoms with Gasteiger partial charge in [0, 0.05) is 5.69 Å². The average molecular weight is 423 g/mol. The molecule has 0 aliphatic carbocycles. The fraction of sp³-hybridized carbons (Fsp3) is 0.286. The van der Waals surface area contributed by atoms with Crippen LogP contribution in [0.5, 0.6) is 0 Å². The molecule has 0 spiro atoms. The molecule has 31 heavy (non-hydrogen) atoms. The third kappa shape index (κ3) is 5.83. The van der Waals surface area contributed by atoms with Crippen molar-refractivity contribution in [1.29, 1.82) is 0 Å². The van der Waals surface area contributed by atoms with Crippen LogP contribution in [0.2, 0.25) is 0 Å². The molecule has 0 bridgehead atoms. The van der Waals surface area contributed by atoms with Gasteiger partial charge < -0.3 is 30.2 Å². The summed E-state index contributed by atoms with van der Waals surface area (Å²) in [6.45, 7) is 5.32. The van der Waals surface area contributed by atoms with Crippen LogP contribution in [0.25, 0.3) is 11.1 Å². The first-order chi connectivity index (χ1) is 14.7. The van der Waals surface area contributed by atoms with Gasteiger partial charge in [-0.05, 0) is 50.6 Å². The Morgan fingerprint density at radius 3 is 2.68 bits per heavy atom. The van der Waals surface area contributed by atoms with Gasteiger partial charge in [0.05, 0.1) is 6.04 Å². The van der Waals surface area contributed by atoms with Crippen LogP contribution in [0.15, 0.2) is 57.9 Å². The summed E-state index contributed by atoms with van der Waals surface area (Å²) in [5.74, 6) is 0.355. The van der Waals surface area contributed by atoms with E-state index in [1.165, 1.54) is 7.98 Å². The van der Waals surface area contributed by atoms with E-state index in [2.05, 4.69) is 20.5 Å². The normalized spacial score (nSPS) is 14.2. The highest BCUT2D eigenvalue weighted by Crippen LogP contribution is 2.29. The molecular formula is C21H26BN5O4. The molecule has 1 amide bonds. The van der Waals surface area contributed by atoms with E-state index in [-0.39, 0.29) is 11.9 Å². The van der Waals surface area contributed by atoms with E-state index in [1.54, 1.807) is 57.2 Å². The van der Waals surface area contributed by atoms with E-state index >= 15 is 0 Å². The summed E-state index contributed by atoms with van der Waals surface area (Å²) in [6, 6.07) is 13.6. The summed E-state index contributed by atoms with van der Waals surface area (Å²) in [4.78, 5) is 20.3. The van der Waals surface area contributed by atoms with Crippen molar-refractivity contribution in [2.75, 3.05) is 5.32 Å². The number of benzene rings is 2. The maximum atomic E-state index is 12.0. The van der Waals surface area contributed by atoms with Gasteiger partial charge in [0.25, 0.3) is 0 Å². The van der Waals surface area contributed by atoms with Crippen molar-refractivity contribution in [1.82, 2.24) is 10.3 Å². The van der Waals surface area contributed by atoms with Crippen molar-refractivity contribution in [2.24, 2.45) is 10.6 Å². The van der Waals surface area contributed by atoms with Crippen molar-refractivity contribution >= 4 is 36.8 Å². The van der Waals surface area contributed by atoms with Crippen LogP contribution in [-0.2, 0) is 4.74 Å². The molecule has 0 saturated heterocycles. The molecule has 2 unspecified atom stereocenters. The fourth-order valence-electron chi connectivity index (χ4n) is 2.86. The summed E-state index contributed by atoms with van der Waals surface area (Å²) in [6.07, 6.45) is -1.76. The predicted molar refractivity (Wildman–Crippen MR) is 121 cm³/mol. The van der Waals surface area contributed by atoms with Gasteiger partial charge in [-0.15, -0.1) is 0 Å². The van der Waals surface area contributed by atoms with Crippen LogP contribution >= 0.6 is 0 Å². The Morgan fingerprint density at radius 1 is 1.26 bits per heavy atom. The lowest BCUT2D eigenvalue weighted by atomic mass is 10.0. The van der Waals surface area contributed by atoms with Gasteiger partial charge in [0.1, 0.15) is 17.2 Å². The zero-order valence-electron chi connectivity index (χ0n) is 17.9. The first-order valence-electron chi connectivity index (χ1n) is 9.79. The largest absolute Gasteiger partial charge is 0.444 e. The van der Waals surface area contributed by atoms with Gasteiger partial charge in [-0.25, -0.2) is 9.78 Å². The van der Waals surface area contributed by atoms with Crippen molar-refractivity contribution in [3.8, 4) is 0 Å². The molecule has 0 radical (unpaired) electrons. The van der Waals surface area contributed by atoms with Gasteiger partial charge in [-0.2, -0.15) is 0 Å². The Morgan fingerprint density at radius 2 is 2.00 bits per heavy atom. The number of aliphatic hydroxyl groups is 1. The number of hydrogen-bond donors (Lipinski definition) is 4. The van der Waals surface area contributed by atoms with E-state index < -0.39 is 23.8 Å². The summed E-state index contributed by atoms with van der Waals surface area (Å²) >= 11 is 0. The van der Waals surface area contributed by atoms with E-state index in [1.807, 2.05) is 12.1 Å². The first kappa shape index (κ1) is 22.3. The van der Waals surface area contributed by atoms with Crippen molar-refractivity contribution in [2.45, 2.75) is 38.5 Å². The molecular weight excluding hydrogens is 397 g/mol. The summed E-state index contributed by atoms with van der Waals surface area (Å²) in [7, 11) is 1.53. The number of ether oxygens (including phenoxy) is 1. The maximum Gasteiger partial charge on any atom is 0.414 e. The standard InChI is InChI=1S/C21H26BN5O4/c1-21(2,3)31-20(29)26-19(27-22)24-13-8-6-7-12(11-13)16(23)17(28)18-25-14-9-4-5-10-15(14)30-18/h4-11,16-17,28H,22-23H2,1-3H3,(H2,24,26,27,29). The van der Waals surface area contributed by atoms with E-state index in [0.717, 1.165) is 0 Å². The molecule has 162 valence electrons. The second-order valence-electron chi connectivity index (χ2n) is 7.94. The number of carbonyl (C=O) groups is 1. The monoisotopic (exact) mass is 423 g/mol. The number of para-hydroxylation sites is 2. The SMILES string of the molecule is B/N=C(\NC(=O)OC(C)(C)C)Nc1cccc(C(N)C(O)c2nc3ccccc3o2)c1. The quantitative estimate of drug-likeness (QED) is 0.288. The van der Waals surface area contributed by atoms with E-state index in [9.17, 15) is 9.90 Å². The highest BCUT2D eigenvalue weighted by molar-refractivity contribution is 6.16. The number of aliphatic hydroxyl groups excluding tert-OH is 1. The number of guanidine groups is 1. The molecule has 0 fully saturated rings. The maximum absolute atomic E-state index is 12.0. The minimum absolute atomic E-state index is 0.148. The molecule has 9 nitrogen and oxygen atoms in total. The lowest BCUT2D eigenvalue weighted by Gasteiger charge is -2.21. The van der Waals surface area contributed by atoms with Crippen molar-refractivity contribution < 1.29 is 19.1 Å². The van der Waals surface area contributed by atoms with Crippen LogP contribution in [0.3, 0.4) is 0 Å². The van der Waals surface area contributed by atoms with E-state index in [0.29, 0.717) is 22.4 Å². The van der Waals surface area contributed by atoms with Crippen LogP contribution in [-0.4, -0.2) is 35.7 Å². The van der Waals surface area contributed by atoms with Gasteiger partial charge in [-0.1, -0.05) is 24.3 Å². The molecule has 0 saturated carbocycles. The highest BCUT2D eigenvalue weighted by atomic mass is 16.6. The zero-order valence-corrected chi connectivity index (χ0v) is 17.9. The van der Waals surface area contributed by atoms with Crippen LogP contribution in [0.4, 0.5) is 10.5 Å². The highest BCUT2D eigenvalue weighted by Gasteiger charge is 2.24. The lowest BCUT2D eigenvalue weighted by molar-refractivity contribution is 0.0563. The Labute approximate surface area is 181 Å². The predicted octanol–water partition coefficient (Wildman–Crippen LogP) is 2.40. The van der Waals surface area contributed by atoms with Gasteiger partial charge in [-0.3, -0.25) is 5.32 Å². The van der Waals surface area contributed by atoms with Crippen molar-refractivity contribution in [3.63, 3.8) is 0 Å². The van der Waals surface area contributed by atoms with Crippen LogP contribution < -0.4 is 16.4 Å². The molecule has 1 aromatic heterocycles. The average Bonchev–Trinajstić information content (AvgIpc) is 3.15. The molecule has 2 atom stereocenters. The molecule has 0 aliphatic heterocycles. The number of nitrogens with zero attached hydrogens (tertiary/aromatic N) is 2. The van der Waals surface area contributed by atoms with Gasteiger partial charge >= 0.3 is 6.09 Å². The number of rotatable bonds is 4.